The smallest absolute Gasteiger partial charge is 0.439 e. The summed E-state index contributed by atoms with van der Waals surface area (Å²) in [4.78, 5) is 72.5. The van der Waals surface area contributed by atoms with E-state index in [0.29, 0.717) is 11.4 Å². The van der Waals surface area contributed by atoms with Gasteiger partial charge in [0.2, 0.25) is 0 Å². The maximum atomic E-state index is 13.0. The van der Waals surface area contributed by atoms with Gasteiger partial charge in [-0.1, -0.05) is 36.4 Å². The van der Waals surface area contributed by atoms with Crippen LogP contribution in [0.4, 0.5) is 21.0 Å². The number of ether oxygens (including phenoxy) is 3. The zero-order valence-electron chi connectivity index (χ0n) is 23.9. The molecular formula is C26H31N5O13P2. The number of nitrogens with two attached hydrogens (primary N) is 1. The van der Waals surface area contributed by atoms with Crippen LogP contribution in [-0.2, 0) is 32.2 Å². The van der Waals surface area contributed by atoms with Gasteiger partial charge in [0.1, 0.15) is 6.10 Å². The molecule has 1 aliphatic heterocycles. The van der Waals surface area contributed by atoms with Crippen molar-refractivity contribution < 1.29 is 51.6 Å². The third-order valence-electron chi connectivity index (χ3n) is 6.21. The van der Waals surface area contributed by atoms with E-state index in [-0.39, 0.29) is 13.0 Å². The molecule has 7 N–H and O–H groups in total. The Morgan fingerprint density at radius 2 is 1.48 bits per heavy atom. The fourth-order valence-electron chi connectivity index (χ4n) is 4.23. The van der Waals surface area contributed by atoms with E-state index in [4.69, 9.17) is 24.5 Å². The van der Waals surface area contributed by atoms with Crippen molar-refractivity contribution in [3.8, 4) is 0 Å². The predicted molar refractivity (Wildman–Crippen MR) is 161 cm³/mol. The van der Waals surface area contributed by atoms with E-state index in [1.807, 2.05) is 4.98 Å². The average molecular weight is 684 g/mol. The molecule has 0 saturated carbocycles. The first-order valence-corrected chi connectivity index (χ1v) is 16.8. The Kier molecular flexibility index (Phi) is 11.7. The molecule has 6 atom stereocenters. The van der Waals surface area contributed by atoms with Crippen molar-refractivity contribution in [1.29, 1.82) is 0 Å². The molecule has 4 rings (SSSR count). The van der Waals surface area contributed by atoms with Gasteiger partial charge in [-0.3, -0.25) is 34.1 Å². The van der Waals surface area contributed by atoms with Crippen LogP contribution in [0.2, 0.25) is 0 Å². The van der Waals surface area contributed by atoms with Crippen molar-refractivity contribution >= 4 is 39.0 Å². The molecule has 0 bridgehead atoms. The Morgan fingerprint density at radius 1 is 0.913 bits per heavy atom. The summed E-state index contributed by atoms with van der Waals surface area (Å²) in [5.41, 5.74) is 4.20. The summed E-state index contributed by atoms with van der Waals surface area (Å²) in [6.45, 7) is -0.933. The second-order valence-electron chi connectivity index (χ2n) is 9.65. The van der Waals surface area contributed by atoms with Gasteiger partial charge in [0, 0.05) is 23.6 Å². The van der Waals surface area contributed by atoms with Crippen LogP contribution in [-0.4, -0.2) is 69.1 Å². The highest BCUT2D eigenvalue weighted by Gasteiger charge is 2.52. The molecule has 248 valence electrons. The standard InChI is InChI=1S/C26H31N5O13P2/c27-13-7-15-45(36,37)44-46(38,39)40-16-19-21(42-25(34)28-17-8-3-1-4-9-17)22(43-26(35)29-18-10-5-2-6-11-18)23(41-19)31-14-12-20(32)30-24(31)33/h1-6,8-12,14,19,21-23H,7,13,15-16,27H2,(H,28,34)(H,29,35)(H,36,37)(H,38,39)(H,30,32,33)/t19-,21+,22?,23-/m1/s1. The van der Waals surface area contributed by atoms with E-state index < -0.39 is 76.2 Å². The minimum atomic E-state index is -5.25. The van der Waals surface area contributed by atoms with Crippen molar-refractivity contribution in [2.24, 2.45) is 5.73 Å². The van der Waals surface area contributed by atoms with Crippen molar-refractivity contribution in [1.82, 2.24) is 9.55 Å². The fourth-order valence-corrected chi connectivity index (χ4v) is 6.95. The number of aromatic nitrogens is 2. The molecule has 0 spiro atoms. The maximum absolute atomic E-state index is 13.0. The second kappa shape index (κ2) is 15.4. The lowest BCUT2D eigenvalue weighted by atomic mass is 10.1. The highest BCUT2D eigenvalue weighted by atomic mass is 31.3. The van der Waals surface area contributed by atoms with Crippen molar-refractivity contribution in [3.63, 3.8) is 0 Å². The number of nitrogens with zero attached hydrogens (tertiary/aromatic N) is 1. The molecule has 20 heteroatoms. The Bertz CT molecular complexity index is 1710. The van der Waals surface area contributed by atoms with Gasteiger partial charge >= 0.3 is 33.3 Å². The Balaban J connectivity index is 1.64. The minimum Gasteiger partial charge on any atom is -0.439 e. The van der Waals surface area contributed by atoms with Gasteiger partial charge in [-0.25, -0.2) is 23.3 Å². The molecule has 3 unspecified atom stereocenters. The lowest BCUT2D eigenvalue weighted by molar-refractivity contribution is -0.0552. The topological polar surface area (TPSA) is 260 Å². The van der Waals surface area contributed by atoms with Crippen molar-refractivity contribution in [2.45, 2.75) is 31.0 Å². The van der Waals surface area contributed by atoms with Crippen LogP contribution in [0.5, 0.6) is 0 Å². The zero-order valence-corrected chi connectivity index (χ0v) is 25.7. The first kappa shape index (κ1) is 34.7. The number of nitrogens with one attached hydrogen (secondary N) is 3. The number of rotatable bonds is 13. The predicted octanol–water partition coefficient (Wildman–Crippen LogP) is 2.34. The number of phosphoric ester groups is 1. The quantitative estimate of drug-likeness (QED) is 0.141. The van der Waals surface area contributed by atoms with E-state index in [0.717, 1.165) is 16.8 Å². The third-order valence-corrected chi connectivity index (χ3v) is 9.42. The Morgan fingerprint density at radius 3 is 2.02 bits per heavy atom. The Labute approximate surface area is 260 Å². The zero-order chi connectivity index (χ0) is 33.3. The van der Waals surface area contributed by atoms with Crippen LogP contribution < -0.4 is 27.6 Å². The third kappa shape index (κ3) is 9.94. The van der Waals surface area contributed by atoms with E-state index in [1.165, 1.54) is 0 Å². The molecular weight excluding hydrogens is 652 g/mol. The van der Waals surface area contributed by atoms with Gasteiger partial charge in [0.15, 0.2) is 18.4 Å². The summed E-state index contributed by atoms with van der Waals surface area (Å²) in [5.74, 6) is 0. The first-order chi connectivity index (χ1) is 21.9. The van der Waals surface area contributed by atoms with Crippen molar-refractivity contribution in [3.05, 3.63) is 93.8 Å². The van der Waals surface area contributed by atoms with Gasteiger partial charge in [-0.2, -0.15) is 0 Å². The molecule has 2 aromatic carbocycles. The number of aromatic amines is 1. The number of H-pyrrole nitrogens is 1. The molecule has 1 aliphatic rings. The molecule has 1 saturated heterocycles. The molecule has 18 nitrogen and oxygen atoms in total. The van der Waals surface area contributed by atoms with E-state index >= 15 is 0 Å². The number of anilines is 2. The molecule has 0 radical (unpaired) electrons. The maximum Gasteiger partial charge on any atom is 0.479 e. The molecule has 1 aromatic heterocycles. The van der Waals surface area contributed by atoms with Crippen LogP contribution >= 0.6 is 15.4 Å². The van der Waals surface area contributed by atoms with Crippen LogP contribution in [0.3, 0.4) is 0 Å². The summed E-state index contributed by atoms with van der Waals surface area (Å²) in [7, 11) is -9.86. The summed E-state index contributed by atoms with van der Waals surface area (Å²) >= 11 is 0. The van der Waals surface area contributed by atoms with Gasteiger partial charge in [-0.15, -0.1) is 0 Å². The lowest BCUT2D eigenvalue weighted by Crippen LogP contribution is -2.44. The monoisotopic (exact) mass is 683 g/mol. The van der Waals surface area contributed by atoms with Gasteiger partial charge in [0.25, 0.3) is 5.56 Å². The largest absolute Gasteiger partial charge is 0.479 e. The summed E-state index contributed by atoms with van der Waals surface area (Å²) in [6.07, 6.45) is -8.10. The van der Waals surface area contributed by atoms with E-state index in [2.05, 4.69) is 14.9 Å². The lowest BCUT2D eigenvalue weighted by Gasteiger charge is -2.25. The van der Waals surface area contributed by atoms with Crippen molar-refractivity contribution in [2.75, 3.05) is 29.9 Å². The fraction of sp³-hybridized carbons (Fsp3) is 0.308. The summed E-state index contributed by atoms with van der Waals surface area (Å²) < 4.78 is 52.0. The average Bonchev–Trinajstić information content (AvgIpc) is 3.31. The molecule has 1 fully saturated rings. The summed E-state index contributed by atoms with van der Waals surface area (Å²) in [6, 6.07) is 17.1. The number of benzene rings is 2. The summed E-state index contributed by atoms with van der Waals surface area (Å²) in [5, 5.41) is 4.93. The van der Waals surface area contributed by atoms with Crippen LogP contribution in [0, 0.1) is 0 Å². The van der Waals surface area contributed by atoms with Gasteiger partial charge in [-0.05, 0) is 37.2 Å². The number of carbonyl (C=O) groups excluding carboxylic acids is 2. The number of amides is 2. The number of carbonyl (C=O) groups is 2. The SMILES string of the molecule is NCCCP(=O)(O)OP(=O)(O)OC[C@H]1O[C@@H](n2ccc(=O)[nH]c2=O)C(OC(=O)Nc2ccccc2)[C@H]1OC(=O)Nc1ccccc1. The number of hydrogen-bond donors (Lipinski definition) is 6. The van der Waals surface area contributed by atoms with Crippen LogP contribution in [0.15, 0.2) is 82.5 Å². The second-order valence-corrected chi connectivity index (χ2v) is 13.2. The number of hydrogen-bond acceptors (Lipinski definition) is 12. The Hall–Kier alpha value is -4.12. The molecule has 2 amide bonds. The van der Waals surface area contributed by atoms with Crippen LogP contribution in [0.25, 0.3) is 0 Å². The molecule has 3 aromatic rings. The van der Waals surface area contributed by atoms with E-state index in [9.17, 15) is 38.1 Å². The van der Waals surface area contributed by atoms with E-state index in [1.54, 1.807) is 60.7 Å². The van der Waals surface area contributed by atoms with Gasteiger partial charge in [0.05, 0.1) is 12.8 Å². The first-order valence-electron chi connectivity index (χ1n) is 13.6. The molecule has 46 heavy (non-hydrogen) atoms. The normalized spacial score (nSPS) is 21.8. The highest BCUT2D eigenvalue weighted by molar-refractivity contribution is 7.64. The highest BCUT2D eigenvalue weighted by Crippen LogP contribution is 2.60. The number of phosphoric acid groups is 1. The minimum absolute atomic E-state index is 0.00557. The number of para-hydroxylation sites is 2. The molecule has 0 aliphatic carbocycles. The molecule has 2 heterocycles. The van der Waals surface area contributed by atoms with Crippen LogP contribution in [0.1, 0.15) is 12.6 Å². The van der Waals surface area contributed by atoms with Gasteiger partial charge < -0.3 is 29.7 Å².